The van der Waals surface area contributed by atoms with Crippen LogP contribution in [0.4, 0.5) is 4.39 Å². The molecule has 1 fully saturated rings. The molecule has 0 spiro atoms. The summed E-state index contributed by atoms with van der Waals surface area (Å²) in [5.74, 6) is -2.83. The van der Waals surface area contributed by atoms with Crippen LogP contribution in [0.15, 0.2) is 53.4 Å². The average Bonchev–Trinajstić information content (AvgIpc) is 3.27. The number of benzene rings is 2. The molecule has 1 saturated carbocycles. The SMILES string of the molecule is Cc1ccc(S(=O)(=O)[C@H]2[C@@H](c3ccc(F)cc3)[C@@]2(CO)C(=O)O)cc1. The molecule has 5 nitrogen and oxygen atoms in total. The first-order valence-corrected chi connectivity index (χ1v) is 9.20. The molecule has 2 N–H and O–H groups in total. The Morgan fingerprint density at radius 2 is 1.68 bits per heavy atom. The van der Waals surface area contributed by atoms with Crippen LogP contribution in [0.25, 0.3) is 0 Å². The zero-order chi connectivity index (χ0) is 18.4. The Balaban J connectivity index is 2.10. The fraction of sp³-hybridized carbons (Fsp3) is 0.278. The van der Waals surface area contributed by atoms with Crippen molar-refractivity contribution in [3.05, 3.63) is 65.5 Å². The number of carbonyl (C=O) groups is 1. The lowest BCUT2D eigenvalue weighted by Gasteiger charge is -2.09. The van der Waals surface area contributed by atoms with E-state index in [-0.39, 0.29) is 4.90 Å². The molecule has 3 rings (SSSR count). The maximum Gasteiger partial charge on any atom is 0.314 e. The largest absolute Gasteiger partial charge is 0.481 e. The molecule has 25 heavy (non-hydrogen) atoms. The van der Waals surface area contributed by atoms with Gasteiger partial charge in [0.25, 0.3) is 0 Å². The predicted molar refractivity (Wildman–Crippen MR) is 88.4 cm³/mol. The molecule has 2 aromatic rings. The van der Waals surface area contributed by atoms with Crippen molar-refractivity contribution in [1.82, 2.24) is 0 Å². The van der Waals surface area contributed by atoms with Gasteiger partial charge in [0.15, 0.2) is 9.84 Å². The monoisotopic (exact) mass is 364 g/mol. The third-order valence-corrected chi connectivity index (χ3v) is 7.12. The van der Waals surface area contributed by atoms with Crippen molar-refractivity contribution in [2.75, 3.05) is 6.61 Å². The average molecular weight is 364 g/mol. The Labute approximate surface area is 144 Å². The first-order chi connectivity index (χ1) is 11.7. The van der Waals surface area contributed by atoms with Crippen LogP contribution in [0.5, 0.6) is 0 Å². The molecule has 0 radical (unpaired) electrons. The van der Waals surface area contributed by atoms with E-state index in [9.17, 15) is 27.8 Å². The molecular weight excluding hydrogens is 347 g/mol. The first-order valence-electron chi connectivity index (χ1n) is 7.65. The van der Waals surface area contributed by atoms with Gasteiger partial charge in [0.2, 0.25) is 0 Å². The maximum absolute atomic E-state index is 13.2. The minimum atomic E-state index is -3.99. The van der Waals surface area contributed by atoms with Crippen LogP contribution >= 0.6 is 0 Å². The molecule has 3 atom stereocenters. The van der Waals surface area contributed by atoms with Gasteiger partial charge in [-0.2, -0.15) is 0 Å². The Kier molecular flexibility index (Phi) is 4.17. The van der Waals surface area contributed by atoms with Gasteiger partial charge in [0.1, 0.15) is 11.2 Å². The molecule has 0 saturated heterocycles. The zero-order valence-corrected chi connectivity index (χ0v) is 14.2. The summed E-state index contributed by atoms with van der Waals surface area (Å²) in [5.41, 5.74) is -0.586. The fourth-order valence-electron chi connectivity index (χ4n) is 3.39. The van der Waals surface area contributed by atoms with Gasteiger partial charge < -0.3 is 10.2 Å². The summed E-state index contributed by atoms with van der Waals surface area (Å²) in [6.45, 7) is 0.990. The van der Waals surface area contributed by atoms with Crippen molar-refractivity contribution in [3.63, 3.8) is 0 Å². The number of aliphatic hydroxyl groups is 1. The predicted octanol–water partition coefficient (Wildman–Crippen LogP) is 2.14. The highest BCUT2D eigenvalue weighted by Crippen LogP contribution is 2.64. The Hall–Kier alpha value is -2.25. The van der Waals surface area contributed by atoms with Crippen LogP contribution in [0.2, 0.25) is 0 Å². The van der Waals surface area contributed by atoms with E-state index in [0.29, 0.717) is 5.56 Å². The summed E-state index contributed by atoms with van der Waals surface area (Å²) in [7, 11) is -3.99. The van der Waals surface area contributed by atoms with Crippen molar-refractivity contribution in [2.24, 2.45) is 5.41 Å². The molecular formula is C18H17FO5S. The molecule has 132 valence electrons. The van der Waals surface area contributed by atoms with Gasteiger partial charge in [-0.25, -0.2) is 12.8 Å². The van der Waals surface area contributed by atoms with Gasteiger partial charge >= 0.3 is 5.97 Å². The summed E-state index contributed by atoms with van der Waals surface area (Å²) in [6.07, 6.45) is 0. The zero-order valence-electron chi connectivity index (χ0n) is 13.4. The van der Waals surface area contributed by atoms with E-state index in [1.807, 2.05) is 6.92 Å². The van der Waals surface area contributed by atoms with Crippen LogP contribution in [0.3, 0.4) is 0 Å². The van der Waals surface area contributed by atoms with Crippen molar-refractivity contribution in [1.29, 1.82) is 0 Å². The number of aliphatic carboxylic acids is 1. The summed E-state index contributed by atoms with van der Waals surface area (Å²) in [4.78, 5) is 11.8. The molecule has 0 aliphatic heterocycles. The second kappa shape index (κ2) is 5.93. The number of carboxylic acid groups (broad SMARTS) is 1. The Morgan fingerprint density at radius 3 is 2.16 bits per heavy atom. The second-order valence-electron chi connectivity index (χ2n) is 6.31. The maximum atomic E-state index is 13.2. The standard InChI is InChI=1S/C18H17FO5S/c1-11-2-8-14(9-3-11)25(23,24)16-15(18(16,10-20)17(21)22)12-4-6-13(19)7-5-12/h2-9,15-16,20H,10H2,1H3,(H,21,22)/t15-,16+,18-/m1/s1. The summed E-state index contributed by atoms with van der Waals surface area (Å²) >= 11 is 0. The van der Waals surface area contributed by atoms with E-state index >= 15 is 0 Å². The Bertz CT molecular complexity index is 905. The minimum Gasteiger partial charge on any atom is -0.481 e. The van der Waals surface area contributed by atoms with Crippen LogP contribution in [-0.4, -0.2) is 36.5 Å². The van der Waals surface area contributed by atoms with Gasteiger partial charge in [-0.05, 0) is 36.8 Å². The lowest BCUT2D eigenvalue weighted by molar-refractivity contribution is -0.145. The molecule has 1 aliphatic rings. The van der Waals surface area contributed by atoms with E-state index in [1.165, 1.54) is 24.3 Å². The third-order valence-electron chi connectivity index (χ3n) is 4.83. The molecule has 7 heteroatoms. The first kappa shape index (κ1) is 17.6. The minimum absolute atomic E-state index is 0.00628. The highest BCUT2D eigenvalue weighted by Gasteiger charge is 2.75. The highest BCUT2D eigenvalue weighted by atomic mass is 32.2. The lowest BCUT2D eigenvalue weighted by Crippen LogP contribution is -2.27. The van der Waals surface area contributed by atoms with Crippen molar-refractivity contribution in [2.45, 2.75) is 23.0 Å². The van der Waals surface area contributed by atoms with E-state index in [0.717, 1.165) is 17.7 Å². The number of halogens is 1. The lowest BCUT2D eigenvalue weighted by atomic mass is 10.0. The van der Waals surface area contributed by atoms with Crippen molar-refractivity contribution >= 4 is 15.8 Å². The van der Waals surface area contributed by atoms with Crippen LogP contribution in [0.1, 0.15) is 17.0 Å². The number of hydrogen-bond acceptors (Lipinski definition) is 4. The van der Waals surface area contributed by atoms with Crippen molar-refractivity contribution in [3.8, 4) is 0 Å². The number of hydrogen-bond donors (Lipinski definition) is 2. The number of aryl methyl sites for hydroxylation is 1. The van der Waals surface area contributed by atoms with Gasteiger partial charge in [-0.3, -0.25) is 4.79 Å². The highest BCUT2D eigenvalue weighted by molar-refractivity contribution is 7.92. The molecule has 0 bridgehead atoms. The normalized spacial score (nSPS) is 25.6. The van der Waals surface area contributed by atoms with Crippen molar-refractivity contribution < 1.29 is 27.8 Å². The quantitative estimate of drug-likeness (QED) is 0.848. The van der Waals surface area contributed by atoms with E-state index in [1.54, 1.807) is 12.1 Å². The molecule has 0 heterocycles. The van der Waals surface area contributed by atoms with Crippen LogP contribution in [-0.2, 0) is 14.6 Å². The van der Waals surface area contributed by atoms with Gasteiger partial charge in [0.05, 0.1) is 16.8 Å². The fourth-order valence-corrected chi connectivity index (χ4v) is 5.75. The number of carboxylic acids is 1. The molecule has 0 amide bonds. The van der Waals surface area contributed by atoms with E-state index < -0.39 is 44.8 Å². The van der Waals surface area contributed by atoms with E-state index in [2.05, 4.69) is 0 Å². The smallest absolute Gasteiger partial charge is 0.314 e. The molecule has 0 aromatic heterocycles. The summed E-state index contributed by atoms with van der Waals surface area (Å²) in [6, 6.07) is 11.1. The van der Waals surface area contributed by atoms with Crippen LogP contribution < -0.4 is 0 Å². The summed E-state index contributed by atoms with van der Waals surface area (Å²) in [5, 5.41) is 18.0. The van der Waals surface area contributed by atoms with Gasteiger partial charge in [-0.1, -0.05) is 29.8 Å². The third kappa shape index (κ3) is 2.63. The summed E-state index contributed by atoms with van der Waals surface area (Å²) < 4.78 is 39.1. The second-order valence-corrected chi connectivity index (χ2v) is 8.38. The van der Waals surface area contributed by atoms with Gasteiger partial charge in [0, 0.05) is 5.92 Å². The number of sulfone groups is 1. The van der Waals surface area contributed by atoms with E-state index in [4.69, 9.17) is 0 Å². The van der Waals surface area contributed by atoms with Crippen LogP contribution in [0, 0.1) is 18.2 Å². The number of rotatable bonds is 5. The molecule has 1 aliphatic carbocycles. The number of aliphatic hydroxyl groups excluding tert-OH is 1. The van der Waals surface area contributed by atoms with Gasteiger partial charge in [-0.15, -0.1) is 0 Å². The molecule has 2 aromatic carbocycles. The Morgan fingerprint density at radius 1 is 1.12 bits per heavy atom. The molecule has 0 unspecified atom stereocenters. The topological polar surface area (TPSA) is 91.7 Å².